The van der Waals surface area contributed by atoms with Crippen LogP contribution in [0.5, 0.6) is 5.75 Å². The van der Waals surface area contributed by atoms with Crippen molar-refractivity contribution in [1.82, 2.24) is 9.55 Å². The van der Waals surface area contributed by atoms with Crippen molar-refractivity contribution in [2.75, 3.05) is 0 Å². The lowest BCUT2D eigenvalue weighted by Crippen LogP contribution is -2.34. The minimum absolute atomic E-state index is 0.107. The summed E-state index contributed by atoms with van der Waals surface area (Å²) in [6.45, 7) is 1.82. The van der Waals surface area contributed by atoms with Crippen LogP contribution in [0, 0.1) is 6.92 Å². The van der Waals surface area contributed by atoms with Gasteiger partial charge >= 0.3 is 5.69 Å². The van der Waals surface area contributed by atoms with Gasteiger partial charge in [0.25, 0.3) is 5.56 Å². The monoisotopic (exact) mass is 268 g/mol. The first-order valence-electron chi connectivity index (χ1n) is 6.12. The molecule has 0 radical (unpaired) electrons. The molecule has 3 aromatic rings. The lowest BCUT2D eigenvalue weighted by atomic mass is 10.2. The van der Waals surface area contributed by atoms with Crippen molar-refractivity contribution >= 4 is 10.9 Å². The number of phenolic OH excluding ortho intramolecular Hbond substituents is 1. The van der Waals surface area contributed by atoms with Crippen LogP contribution in [-0.2, 0) is 0 Å². The highest BCUT2D eigenvalue weighted by atomic mass is 16.3. The van der Waals surface area contributed by atoms with Gasteiger partial charge in [-0.25, -0.2) is 9.36 Å². The lowest BCUT2D eigenvalue weighted by Gasteiger charge is -2.09. The van der Waals surface area contributed by atoms with E-state index in [1.165, 1.54) is 6.07 Å². The molecule has 0 saturated heterocycles. The van der Waals surface area contributed by atoms with Gasteiger partial charge in [-0.15, -0.1) is 0 Å². The maximum absolute atomic E-state index is 12.5. The van der Waals surface area contributed by atoms with Crippen molar-refractivity contribution in [3.05, 3.63) is 68.9 Å². The molecule has 100 valence electrons. The summed E-state index contributed by atoms with van der Waals surface area (Å²) in [7, 11) is 0. The smallest absolute Gasteiger partial charge is 0.333 e. The Morgan fingerprint density at radius 1 is 1.05 bits per heavy atom. The number of rotatable bonds is 1. The van der Waals surface area contributed by atoms with Crippen LogP contribution in [0.1, 0.15) is 5.56 Å². The second-order valence-corrected chi connectivity index (χ2v) is 4.56. The molecule has 0 saturated carbocycles. The molecule has 1 heterocycles. The van der Waals surface area contributed by atoms with Gasteiger partial charge in [-0.3, -0.25) is 4.79 Å². The zero-order valence-corrected chi connectivity index (χ0v) is 10.8. The van der Waals surface area contributed by atoms with Crippen molar-refractivity contribution < 1.29 is 5.11 Å². The van der Waals surface area contributed by atoms with Gasteiger partial charge in [0.1, 0.15) is 11.1 Å². The van der Waals surface area contributed by atoms with Crippen molar-refractivity contribution in [3.8, 4) is 11.4 Å². The zero-order valence-electron chi connectivity index (χ0n) is 10.8. The number of benzene rings is 2. The number of para-hydroxylation sites is 1. The van der Waals surface area contributed by atoms with Gasteiger partial charge in [0.2, 0.25) is 0 Å². The Kier molecular flexibility index (Phi) is 2.68. The van der Waals surface area contributed by atoms with Crippen LogP contribution in [0.2, 0.25) is 0 Å². The molecule has 0 atom stereocenters. The lowest BCUT2D eigenvalue weighted by molar-refractivity contribution is 0.481. The number of aryl methyl sites for hydroxylation is 1. The van der Waals surface area contributed by atoms with E-state index in [0.717, 1.165) is 10.1 Å². The van der Waals surface area contributed by atoms with E-state index in [4.69, 9.17) is 0 Å². The number of fused-ring (bicyclic) bond motifs is 1. The minimum atomic E-state index is -0.531. The summed E-state index contributed by atoms with van der Waals surface area (Å²) in [5, 5.41) is 9.96. The number of nitrogens with zero attached hydrogens (tertiary/aromatic N) is 1. The first-order chi connectivity index (χ1) is 9.59. The third kappa shape index (κ3) is 1.72. The van der Waals surface area contributed by atoms with E-state index < -0.39 is 11.2 Å². The van der Waals surface area contributed by atoms with Gasteiger partial charge < -0.3 is 10.1 Å². The molecule has 20 heavy (non-hydrogen) atoms. The largest absolute Gasteiger partial charge is 0.507 e. The number of nitrogens with one attached hydrogen (secondary N) is 1. The predicted octanol–water partition coefficient (Wildman–Crippen LogP) is 1.69. The SMILES string of the molecule is Cc1ccccc1-n1c(=O)[nH]c2cccc(O)c2c1=O. The molecule has 0 spiro atoms. The predicted molar refractivity (Wildman–Crippen MR) is 76.6 cm³/mol. The van der Waals surface area contributed by atoms with Crippen LogP contribution < -0.4 is 11.2 Å². The fourth-order valence-corrected chi connectivity index (χ4v) is 2.28. The van der Waals surface area contributed by atoms with Crippen molar-refractivity contribution in [2.45, 2.75) is 6.92 Å². The van der Waals surface area contributed by atoms with Crippen molar-refractivity contribution in [3.63, 3.8) is 0 Å². The fraction of sp³-hybridized carbons (Fsp3) is 0.0667. The minimum Gasteiger partial charge on any atom is -0.507 e. The van der Waals surface area contributed by atoms with Crippen LogP contribution >= 0.6 is 0 Å². The number of aromatic nitrogens is 2. The topological polar surface area (TPSA) is 75.1 Å². The summed E-state index contributed by atoms with van der Waals surface area (Å²) in [6, 6.07) is 11.7. The van der Waals surface area contributed by atoms with E-state index in [1.54, 1.807) is 24.3 Å². The second-order valence-electron chi connectivity index (χ2n) is 4.56. The summed E-state index contributed by atoms with van der Waals surface area (Å²) in [4.78, 5) is 27.3. The number of aromatic amines is 1. The molecule has 0 bridgehead atoms. The number of phenols is 1. The Labute approximate surface area is 113 Å². The van der Waals surface area contributed by atoms with Crippen LogP contribution in [0.4, 0.5) is 0 Å². The summed E-state index contributed by atoms with van der Waals surface area (Å²) in [6.07, 6.45) is 0. The number of hydrogen-bond acceptors (Lipinski definition) is 3. The maximum atomic E-state index is 12.5. The average Bonchev–Trinajstić information content (AvgIpc) is 2.40. The average molecular weight is 268 g/mol. The Morgan fingerprint density at radius 3 is 2.55 bits per heavy atom. The molecular formula is C15H12N2O3. The maximum Gasteiger partial charge on any atom is 0.333 e. The van der Waals surface area contributed by atoms with E-state index in [0.29, 0.717) is 11.2 Å². The van der Waals surface area contributed by atoms with Crippen molar-refractivity contribution in [2.24, 2.45) is 0 Å². The van der Waals surface area contributed by atoms with E-state index in [9.17, 15) is 14.7 Å². The molecule has 0 amide bonds. The van der Waals surface area contributed by atoms with E-state index in [-0.39, 0.29) is 11.1 Å². The van der Waals surface area contributed by atoms with Crippen LogP contribution in [-0.4, -0.2) is 14.7 Å². The molecule has 2 N–H and O–H groups in total. The highest BCUT2D eigenvalue weighted by molar-refractivity contribution is 5.83. The molecular weight excluding hydrogens is 256 g/mol. The Hall–Kier alpha value is -2.82. The van der Waals surface area contributed by atoms with Gasteiger partial charge in [0.15, 0.2) is 0 Å². The summed E-state index contributed by atoms with van der Waals surface area (Å²) >= 11 is 0. The third-order valence-corrected chi connectivity index (χ3v) is 3.26. The summed E-state index contributed by atoms with van der Waals surface area (Å²) < 4.78 is 1.04. The highest BCUT2D eigenvalue weighted by Crippen LogP contribution is 2.18. The molecule has 1 aromatic heterocycles. The second kappa shape index (κ2) is 4.38. The number of hydrogen-bond donors (Lipinski definition) is 2. The van der Waals surface area contributed by atoms with E-state index >= 15 is 0 Å². The standard InChI is InChI=1S/C15H12N2O3/c1-9-5-2-3-7-11(9)17-14(19)13-10(16-15(17)20)6-4-8-12(13)18/h2-8,18H,1H3,(H,16,20). The molecule has 0 aliphatic carbocycles. The number of aromatic hydroxyl groups is 1. The first kappa shape index (κ1) is 12.2. The molecule has 5 nitrogen and oxygen atoms in total. The van der Waals surface area contributed by atoms with Gasteiger partial charge in [-0.1, -0.05) is 24.3 Å². The molecule has 0 aliphatic rings. The van der Waals surface area contributed by atoms with E-state index in [2.05, 4.69) is 4.98 Å². The third-order valence-electron chi connectivity index (χ3n) is 3.26. The van der Waals surface area contributed by atoms with Crippen molar-refractivity contribution in [1.29, 1.82) is 0 Å². The normalized spacial score (nSPS) is 10.8. The molecule has 0 aliphatic heterocycles. The summed E-state index contributed by atoms with van der Waals surface area (Å²) in [5.74, 6) is -0.147. The molecule has 2 aromatic carbocycles. The molecule has 0 fully saturated rings. The van der Waals surface area contributed by atoms with Gasteiger partial charge in [0.05, 0.1) is 11.2 Å². The Bertz CT molecular complexity index is 922. The Morgan fingerprint density at radius 2 is 1.80 bits per heavy atom. The summed E-state index contributed by atoms with van der Waals surface area (Å²) in [5.41, 5.74) is 0.571. The number of H-pyrrole nitrogens is 1. The van der Waals surface area contributed by atoms with Gasteiger partial charge in [0, 0.05) is 0 Å². The molecule has 0 unspecified atom stereocenters. The molecule has 5 heteroatoms. The Balaban J connectivity index is 2.50. The highest BCUT2D eigenvalue weighted by Gasteiger charge is 2.13. The van der Waals surface area contributed by atoms with Gasteiger partial charge in [-0.2, -0.15) is 0 Å². The van der Waals surface area contributed by atoms with E-state index in [1.807, 2.05) is 19.1 Å². The quantitative estimate of drug-likeness (QED) is 0.705. The fourth-order valence-electron chi connectivity index (χ4n) is 2.28. The van der Waals surface area contributed by atoms with Crippen LogP contribution in [0.15, 0.2) is 52.1 Å². The zero-order chi connectivity index (χ0) is 14.3. The van der Waals surface area contributed by atoms with Crippen LogP contribution in [0.3, 0.4) is 0 Å². The van der Waals surface area contributed by atoms with Gasteiger partial charge in [-0.05, 0) is 30.7 Å². The first-order valence-corrected chi connectivity index (χ1v) is 6.12. The van der Waals surface area contributed by atoms with Crippen LogP contribution in [0.25, 0.3) is 16.6 Å². The molecule has 3 rings (SSSR count).